The van der Waals surface area contributed by atoms with E-state index in [0.717, 1.165) is 48.8 Å². The van der Waals surface area contributed by atoms with Gasteiger partial charge in [0.15, 0.2) is 0 Å². The Morgan fingerprint density at radius 1 is 1.30 bits per heavy atom. The summed E-state index contributed by atoms with van der Waals surface area (Å²) in [5.41, 5.74) is 3.33. The van der Waals surface area contributed by atoms with Gasteiger partial charge in [-0.2, -0.15) is 5.10 Å². The molecule has 1 aliphatic rings. The molecule has 2 aromatic heterocycles. The van der Waals surface area contributed by atoms with Gasteiger partial charge in [-0.15, -0.1) is 10.2 Å². The molecule has 0 radical (unpaired) electrons. The van der Waals surface area contributed by atoms with E-state index >= 15 is 0 Å². The average Bonchev–Trinajstić information content (AvgIpc) is 2.99. The molecule has 7 heteroatoms. The predicted molar refractivity (Wildman–Crippen MR) is 86.0 cm³/mol. The lowest BCUT2D eigenvalue weighted by molar-refractivity contribution is -0.122. The first-order valence-corrected chi connectivity index (χ1v) is 8.13. The Bertz CT molecular complexity index is 729. The largest absolute Gasteiger partial charge is 0.352 e. The summed E-state index contributed by atoms with van der Waals surface area (Å²) in [5.74, 6) is 2.04. The Balaban J connectivity index is 1.55. The Kier molecular flexibility index (Phi) is 4.19. The molecule has 0 fully saturated rings. The van der Waals surface area contributed by atoms with Crippen molar-refractivity contribution < 1.29 is 4.79 Å². The molecule has 1 N–H and O–H groups in total. The molecule has 0 saturated heterocycles. The number of nitrogens with one attached hydrogen (secondary N) is 1. The molecule has 0 aliphatic carbocycles. The fourth-order valence-corrected chi connectivity index (χ4v) is 3.30. The first-order chi connectivity index (χ1) is 11.0. The zero-order valence-corrected chi connectivity index (χ0v) is 14.3. The standard InChI is InChI=1S/C16H24N6O/c1-10-14(11(2)21(4)20-10)6-8-16(23)17-13-5-7-15-19-18-12(3)22(15)9-13/h13H,5-9H2,1-4H3,(H,17,23)/t13-/m1/s1. The van der Waals surface area contributed by atoms with Gasteiger partial charge < -0.3 is 9.88 Å². The smallest absolute Gasteiger partial charge is 0.220 e. The van der Waals surface area contributed by atoms with Crippen LogP contribution in [-0.4, -0.2) is 36.5 Å². The minimum Gasteiger partial charge on any atom is -0.352 e. The molecule has 1 atom stereocenters. The second-order valence-corrected chi connectivity index (χ2v) is 6.35. The first-order valence-electron chi connectivity index (χ1n) is 8.13. The highest BCUT2D eigenvalue weighted by Crippen LogP contribution is 2.16. The van der Waals surface area contributed by atoms with Crippen LogP contribution in [0.5, 0.6) is 0 Å². The van der Waals surface area contributed by atoms with Gasteiger partial charge in [-0.3, -0.25) is 9.48 Å². The van der Waals surface area contributed by atoms with Crippen molar-refractivity contribution in [3.8, 4) is 0 Å². The Labute approximate surface area is 136 Å². The molecule has 1 amide bonds. The highest BCUT2D eigenvalue weighted by molar-refractivity contribution is 5.76. The normalized spacial score (nSPS) is 17.1. The number of aryl methyl sites for hydroxylation is 4. The lowest BCUT2D eigenvalue weighted by atomic mass is 10.1. The number of rotatable bonds is 4. The molecule has 0 bridgehead atoms. The summed E-state index contributed by atoms with van der Waals surface area (Å²) in [6, 6.07) is 0.167. The van der Waals surface area contributed by atoms with E-state index in [0.29, 0.717) is 6.42 Å². The Morgan fingerprint density at radius 3 is 2.78 bits per heavy atom. The van der Waals surface area contributed by atoms with Crippen LogP contribution in [0, 0.1) is 20.8 Å². The van der Waals surface area contributed by atoms with Gasteiger partial charge in [-0.05, 0) is 39.2 Å². The number of aromatic nitrogens is 5. The van der Waals surface area contributed by atoms with Gasteiger partial charge in [0, 0.05) is 38.2 Å². The average molecular weight is 316 g/mol. The van der Waals surface area contributed by atoms with Crippen molar-refractivity contribution in [3.05, 3.63) is 28.6 Å². The lowest BCUT2D eigenvalue weighted by Crippen LogP contribution is -2.41. The van der Waals surface area contributed by atoms with E-state index in [9.17, 15) is 4.79 Å². The molecular formula is C16H24N6O. The summed E-state index contributed by atoms with van der Waals surface area (Å²) >= 11 is 0. The number of amides is 1. The quantitative estimate of drug-likeness (QED) is 0.913. The van der Waals surface area contributed by atoms with Crippen LogP contribution in [0.1, 0.15) is 41.4 Å². The SMILES string of the molecule is Cc1nn(C)c(C)c1CCC(=O)N[C@@H]1CCc2nnc(C)n2C1. The van der Waals surface area contributed by atoms with Gasteiger partial charge >= 0.3 is 0 Å². The van der Waals surface area contributed by atoms with Crippen molar-refractivity contribution in [2.45, 2.75) is 59.0 Å². The predicted octanol–water partition coefficient (Wildman–Crippen LogP) is 1.00. The fraction of sp³-hybridized carbons (Fsp3) is 0.625. The van der Waals surface area contributed by atoms with Crippen LogP contribution in [0.15, 0.2) is 0 Å². The van der Waals surface area contributed by atoms with E-state index < -0.39 is 0 Å². The van der Waals surface area contributed by atoms with Crippen molar-refractivity contribution in [3.63, 3.8) is 0 Å². The number of carbonyl (C=O) groups excluding carboxylic acids is 1. The molecule has 0 unspecified atom stereocenters. The van der Waals surface area contributed by atoms with Crippen molar-refractivity contribution in [1.82, 2.24) is 29.9 Å². The Hall–Kier alpha value is -2.18. The monoisotopic (exact) mass is 316 g/mol. The summed E-state index contributed by atoms with van der Waals surface area (Å²) in [7, 11) is 1.94. The van der Waals surface area contributed by atoms with Gasteiger partial charge in [-0.1, -0.05) is 0 Å². The minimum atomic E-state index is 0.104. The molecular weight excluding hydrogens is 292 g/mol. The maximum atomic E-state index is 12.3. The molecule has 2 aromatic rings. The highest BCUT2D eigenvalue weighted by Gasteiger charge is 2.22. The lowest BCUT2D eigenvalue weighted by Gasteiger charge is -2.25. The molecule has 3 rings (SSSR count). The van der Waals surface area contributed by atoms with Gasteiger partial charge in [0.2, 0.25) is 5.91 Å². The maximum Gasteiger partial charge on any atom is 0.220 e. The Morgan fingerprint density at radius 2 is 2.09 bits per heavy atom. The van der Waals surface area contributed by atoms with E-state index in [2.05, 4.69) is 25.2 Å². The zero-order valence-electron chi connectivity index (χ0n) is 14.3. The molecule has 1 aliphatic heterocycles. The summed E-state index contributed by atoms with van der Waals surface area (Å²) in [6.45, 7) is 6.77. The van der Waals surface area contributed by atoms with Crippen molar-refractivity contribution in [2.24, 2.45) is 7.05 Å². The van der Waals surface area contributed by atoms with E-state index in [1.165, 1.54) is 5.56 Å². The molecule has 7 nitrogen and oxygen atoms in total. The molecule has 0 saturated carbocycles. The fourth-order valence-electron chi connectivity index (χ4n) is 3.30. The van der Waals surface area contributed by atoms with Gasteiger partial charge in [-0.25, -0.2) is 0 Å². The third-order valence-corrected chi connectivity index (χ3v) is 4.76. The van der Waals surface area contributed by atoms with Gasteiger partial charge in [0.05, 0.1) is 5.69 Å². The first kappa shape index (κ1) is 15.7. The summed E-state index contributed by atoms with van der Waals surface area (Å²) in [4.78, 5) is 12.3. The molecule has 0 aromatic carbocycles. The van der Waals surface area contributed by atoms with Crippen LogP contribution in [0.4, 0.5) is 0 Å². The van der Waals surface area contributed by atoms with Gasteiger partial charge in [0.1, 0.15) is 11.6 Å². The second-order valence-electron chi connectivity index (χ2n) is 6.35. The van der Waals surface area contributed by atoms with Crippen LogP contribution in [-0.2, 0) is 31.2 Å². The van der Waals surface area contributed by atoms with Crippen LogP contribution in [0.2, 0.25) is 0 Å². The highest BCUT2D eigenvalue weighted by atomic mass is 16.1. The van der Waals surface area contributed by atoms with Crippen LogP contribution < -0.4 is 5.32 Å². The van der Waals surface area contributed by atoms with E-state index in [1.54, 1.807) is 0 Å². The van der Waals surface area contributed by atoms with Crippen molar-refractivity contribution in [2.75, 3.05) is 0 Å². The molecule has 3 heterocycles. The number of nitrogens with zero attached hydrogens (tertiary/aromatic N) is 5. The van der Waals surface area contributed by atoms with E-state index in [1.807, 2.05) is 32.5 Å². The summed E-state index contributed by atoms with van der Waals surface area (Å²) in [5, 5.41) is 15.8. The van der Waals surface area contributed by atoms with Crippen LogP contribution >= 0.6 is 0 Å². The van der Waals surface area contributed by atoms with Gasteiger partial charge in [0.25, 0.3) is 0 Å². The van der Waals surface area contributed by atoms with Crippen LogP contribution in [0.3, 0.4) is 0 Å². The topological polar surface area (TPSA) is 77.6 Å². The zero-order chi connectivity index (χ0) is 16.6. The van der Waals surface area contributed by atoms with E-state index in [-0.39, 0.29) is 11.9 Å². The second kappa shape index (κ2) is 6.14. The van der Waals surface area contributed by atoms with Crippen LogP contribution in [0.25, 0.3) is 0 Å². The summed E-state index contributed by atoms with van der Waals surface area (Å²) in [6.07, 6.45) is 3.03. The number of fused-ring (bicyclic) bond motifs is 1. The van der Waals surface area contributed by atoms with Crippen molar-refractivity contribution in [1.29, 1.82) is 0 Å². The van der Waals surface area contributed by atoms with E-state index in [4.69, 9.17) is 0 Å². The number of carbonyl (C=O) groups is 1. The summed E-state index contributed by atoms with van der Waals surface area (Å²) < 4.78 is 3.98. The molecule has 0 spiro atoms. The molecule has 124 valence electrons. The maximum absolute atomic E-state index is 12.3. The molecule has 23 heavy (non-hydrogen) atoms. The van der Waals surface area contributed by atoms with Crippen molar-refractivity contribution >= 4 is 5.91 Å². The number of hydrogen-bond acceptors (Lipinski definition) is 4. The third kappa shape index (κ3) is 3.13. The third-order valence-electron chi connectivity index (χ3n) is 4.76. The minimum absolute atomic E-state index is 0.104. The number of hydrogen-bond donors (Lipinski definition) is 1.